The molecule has 12 heteroatoms. The second-order valence-corrected chi connectivity index (χ2v) is 35.8. The van der Waals surface area contributed by atoms with E-state index in [2.05, 4.69) is 290 Å². The largest absolute Gasteiger partial charge is 0.208 e. The second-order valence-electron chi connectivity index (χ2n) is 35.8. The molecule has 12 nitrogen and oxygen atoms in total. The van der Waals surface area contributed by atoms with E-state index in [0.717, 1.165) is 100 Å². The molecule has 0 spiro atoms. The van der Waals surface area contributed by atoms with Gasteiger partial charge in [0.05, 0.1) is 34.9 Å². The van der Waals surface area contributed by atoms with Gasteiger partial charge in [-0.15, -0.1) is 0 Å². The van der Waals surface area contributed by atoms with Gasteiger partial charge in [0, 0.05) is 66.3 Å². The molecule has 0 aliphatic heterocycles. The minimum absolute atomic E-state index is 0.181. The van der Waals surface area contributed by atoms with Crippen LogP contribution in [-0.2, 0) is 16.2 Å². The Kier molecular flexibility index (Phi) is 22.0. The van der Waals surface area contributed by atoms with Crippen LogP contribution in [0.2, 0.25) is 0 Å². The lowest BCUT2D eigenvalue weighted by Crippen LogP contribution is -2.15. The van der Waals surface area contributed by atoms with Crippen molar-refractivity contribution < 1.29 is 0 Å². The molecule has 17 aromatic carbocycles. The SMILES string of the molecule is CC1(C)c2cc(C#N)ccc2-c2ccc(-c3ccc(-c4nc(-c5ccccc5)nc(-c5ccc(-c6ccccc6)cc5)n4)cc3)cc21.CC1(C)c2cc(C#N)ccc2-c2ccc(-c3ccc(-c4nc(-c5ccccc5)nc(-c5cccc(-c6ccccc6)c5)n4)cc3)cc21.CC1(C)c2cc(C#N)ccc2-c2ccc(-c3ccc(-c4nc(-c5ccccc5)nc(-c5ccccc5)n4)cc3)cc21. The van der Waals surface area contributed by atoms with E-state index in [0.29, 0.717) is 69.1 Å². The highest BCUT2D eigenvalue weighted by atomic mass is 15.1. The molecular weight excluding hydrogens is 1650 g/mol. The minimum atomic E-state index is -0.194. The Bertz CT molecular complexity index is 8030. The second kappa shape index (κ2) is 35.3. The third-order valence-electron chi connectivity index (χ3n) is 26.4. The first-order valence-corrected chi connectivity index (χ1v) is 45.2. The highest BCUT2D eigenvalue weighted by Crippen LogP contribution is 2.54. The van der Waals surface area contributed by atoms with Crippen molar-refractivity contribution in [3.8, 4) is 210 Å². The molecule has 3 aliphatic carbocycles. The number of hydrogen-bond acceptors (Lipinski definition) is 12. The maximum Gasteiger partial charge on any atom is 0.164 e. The zero-order chi connectivity index (χ0) is 91.9. The van der Waals surface area contributed by atoms with Crippen molar-refractivity contribution in [1.82, 2.24) is 44.9 Å². The van der Waals surface area contributed by atoms with Crippen LogP contribution in [-0.4, -0.2) is 44.9 Å². The van der Waals surface area contributed by atoms with Crippen LogP contribution in [0.1, 0.15) is 91.6 Å². The summed E-state index contributed by atoms with van der Waals surface area (Å²) in [7, 11) is 0. The molecule has 0 unspecified atom stereocenters. The van der Waals surface area contributed by atoms with Gasteiger partial charge in [-0.25, -0.2) is 44.9 Å². The predicted octanol–water partition coefficient (Wildman–Crippen LogP) is 29.5. The fourth-order valence-electron chi connectivity index (χ4n) is 18.9. The van der Waals surface area contributed by atoms with Crippen molar-refractivity contribution in [1.29, 1.82) is 15.8 Å². The summed E-state index contributed by atoms with van der Waals surface area (Å²) in [5.74, 6) is 5.76. The van der Waals surface area contributed by atoms with Crippen LogP contribution < -0.4 is 0 Å². The first-order valence-electron chi connectivity index (χ1n) is 45.2. The molecule has 135 heavy (non-hydrogen) atoms. The lowest BCUT2D eigenvalue weighted by molar-refractivity contribution is 0.660. The maximum absolute atomic E-state index is 9.49. The number of fused-ring (bicyclic) bond motifs is 9. The smallest absolute Gasteiger partial charge is 0.164 e. The Labute approximate surface area is 785 Å². The maximum atomic E-state index is 9.49. The van der Waals surface area contributed by atoms with E-state index >= 15 is 0 Å². The fraction of sp³-hybridized carbons (Fsp3) is 0.0732. The van der Waals surface area contributed by atoms with Gasteiger partial charge in [0.25, 0.3) is 0 Å². The van der Waals surface area contributed by atoms with Crippen molar-refractivity contribution in [2.45, 2.75) is 57.8 Å². The van der Waals surface area contributed by atoms with Gasteiger partial charge in [0.1, 0.15) is 0 Å². The Morgan fingerprint density at radius 2 is 0.304 bits per heavy atom. The summed E-state index contributed by atoms with van der Waals surface area (Å²) < 4.78 is 0. The van der Waals surface area contributed by atoms with E-state index in [1.165, 1.54) is 72.3 Å². The number of nitrogens with zero attached hydrogens (tertiary/aromatic N) is 12. The molecule has 0 atom stereocenters. The zero-order valence-corrected chi connectivity index (χ0v) is 75.1. The molecule has 638 valence electrons. The highest BCUT2D eigenvalue weighted by Gasteiger charge is 2.39. The monoisotopic (exact) mass is 1730 g/mol. The summed E-state index contributed by atoms with van der Waals surface area (Å²) in [6.07, 6.45) is 0. The molecule has 23 rings (SSSR count). The quantitative estimate of drug-likeness (QED) is 0.100. The predicted molar refractivity (Wildman–Crippen MR) is 542 cm³/mol. The van der Waals surface area contributed by atoms with Gasteiger partial charge < -0.3 is 0 Å². The van der Waals surface area contributed by atoms with Crippen LogP contribution in [0.3, 0.4) is 0 Å². The third-order valence-corrected chi connectivity index (χ3v) is 26.4. The number of aromatic nitrogens is 9. The van der Waals surface area contributed by atoms with Crippen LogP contribution in [0.15, 0.2) is 413 Å². The first kappa shape index (κ1) is 84.1. The van der Waals surface area contributed by atoms with Gasteiger partial charge in [-0.3, -0.25) is 0 Å². The van der Waals surface area contributed by atoms with Crippen LogP contribution in [0, 0.1) is 34.0 Å². The standard InChI is InChI=1S/2C43H30N4.C37H26N4/c1-43(2)38-24-28(27-44)16-22-36(38)37-23-21-34(26-39(37)43)30-17-19-32(20-18-30)41-45-40(31-12-7-4-8-13-31)46-42(47-41)35-15-9-14-33(25-35)29-10-5-3-6-11-29;1-43(2)38-25-28(27-44)13-23-36(38)37-24-22-35(26-39(37)43)31-16-20-34(21-17-31)42-46-40(32-11-7-4-8-12-32)45-41(47-42)33-18-14-30(15-19-33)29-9-5-3-6-10-29;1-37(2)32-21-24(23-38)13-19-30(32)31-20-18-29(22-33(31)37)25-14-16-28(17-15-25)36-40-34(26-9-5-3-6-10-26)39-35(41-36)27-11-7-4-8-12-27/h2*3-26H,1-2H3;3-22H,1-2H3. The average Bonchev–Trinajstić information content (AvgIpc) is 1.58. The van der Waals surface area contributed by atoms with Gasteiger partial charge in [-0.1, -0.05) is 393 Å². The number of rotatable bonds is 14. The van der Waals surface area contributed by atoms with Gasteiger partial charge in [0.15, 0.2) is 52.4 Å². The van der Waals surface area contributed by atoms with Crippen LogP contribution >= 0.6 is 0 Å². The normalized spacial score (nSPS) is 12.7. The molecule has 0 saturated heterocycles. The van der Waals surface area contributed by atoms with Gasteiger partial charge in [0.2, 0.25) is 0 Å². The molecule has 0 fully saturated rings. The molecular formula is C123H86N12. The summed E-state index contributed by atoms with van der Waals surface area (Å²) >= 11 is 0. The topological polar surface area (TPSA) is 187 Å². The van der Waals surface area contributed by atoms with E-state index in [9.17, 15) is 15.8 Å². The van der Waals surface area contributed by atoms with Crippen molar-refractivity contribution in [3.05, 3.63) is 463 Å². The summed E-state index contributed by atoms with van der Waals surface area (Å²) in [6.45, 7) is 13.4. The average molecular weight is 1730 g/mol. The highest BCUT2D eigenvalue weighted by molar-refractivity contribution is 5.89. The van der Waals surface area contributed by atoms with E-state index in [1.54, 1.807) is 0 Å². The van der Waals surface area contributed by atoms with Gasteiger partial charge >= 0.3 is 0 Å². The lowest BCUT2D eigenvalue weighted by Gasteiger charge is -2.22. The van der Waals surface area contributed by atoms with E-state index in [-0.39, 0.29) is 16.2 Å². The van der Waals surface area contributed by atoms with Crippen LogP contribution in [0.5, 0.6) is 0 Å². The van der Waals surface area contributed by atoms with Gasteiger partial charge in [-0.2, -0.15) is 15.8 Å². The molecule has 0 saturated carbocycles. The molecule has 20 aromatic rings. The lowest BCUT2D eigenvalue weighted by atomic mass is 9.81. The van der Waals surface area contributed by atoms with Crippen LogP contribution in [0.25, 0.3) is 192 Å². The first-order chi connectivity index (χ1) is 66.0. The third kappa shape index (κ3) is 16.4. The molecule has 3 heterocycles. The van der Waals surface area contributed by atoms with E-state index < -0.39 is 0 Å². The Morgan fingerprint density at radius 1 is 0.148 bits per heavy atom. The molecule has 3 aliphatic rings. The summed E-state index contributed by atoms with van der Waals surface area (Å²) in [5.41, 5.74) is 36.1. The van der Waals surface area contributed by atoms with Crippen LogP contribution in [0.4, 0.5) is 0 Å². The van der Waals surface area contributed by atoms with Crippen molar-refractivity contribution in [3.63, 3.8) is 0 Å². The summed E-state index contributed by atoms with van der Waals surface area (Å²) in [5, 5.41) is 28.4. The summed E-state index contributed by atoms with van der Waals surface area (Å²) in [4.78, 5) is 44.2. The number of nitriles is 3. The Balaban J connectivity index is 0.000000122. The molecule has 0 amide bonds. The summed E-state index contributed by atoms with van der Waals surface area (Å²) in [6, 6.07) is 148. The van der Waals surface area contributed by atoms with Crippen molar-refractivity contribution >= 4 is 0 Å². The van der Waals surface area contributed by atoms with E-state index in [1.807, 2.05) is 182 Å². The number of benzene rings is 17. The molecule has 0 bridgehead atoms. The fourth-order valence-corrected chi connectivity index (χ4v) is 18.9. The van der Waals surface area contributed by atoms with E-state index in [4.69, 9.17) is 44.9 Å². The Hall–Kier alpha value is -17.8. The molecule has 3 aromatic heterocycles. The zero-order valence-electron chi connectivity index (χ0n) is 75.1. The van der Waals surface area contributed by atoms with Crippen molar-refractivity contribution in [2.75, 3.05) is 0 Å². The van der Waals surface area contributed by atoms with Gasteiger partial charge in [-0.05, 0) is 183 Å². The van der Waals surface area contributed by atoms with Crippen molar-refractivity contribution in [2.24, 2.45) is 0 Å². The number of hydrogen-bond donors (Lipinski definition) is 0. The minimum Gasteiger partial charge on any atom is -0.208 e. The molecule has 0 radical (unpaired) electrons. The molecule has 0 N–H and O–H groups in total. The Morgan fingerprint density at radius 3 is 0.548 bits per heavy atom.